The number of rotatable bonds is 8. The van der Waals surface area contributed by atoms with Crippen molar-refractivity contribution >= 4 is 41.3 Å². The Hall–Kier alpha value is -1.52. The Labute approximate surface area is 182 Å². The smallest absolute Gasteiger partial charge is 0.194 e. The van der Waals surface area contributed by atoms with Crippen LogP contribution in [0.4, 0.5) is 0 Å². The summed E-state index contributed by atoms with van der Waals surface area (Å²) in [4.78, 5) is 6.63. The van der Waals surface area contributed by atoms with E-state index in [1.807, 2.05) is 18.9 Å². The van der Waals surface area contributed by atoms with Gasteiger partial charge in [-0.3, -0.25) is 4.99 Å². The molecule has 1 unspecified atom stereocenters. The van der Waals surface area contributed by atoms with E-state index < -0.39 is 6.10 Å². The molecule has 0 fully saturated rings. The quantitative estimate of drug-likeness (QED) is 0.327. The first kappa shape index (κ1) is 23.5. The van der Waals surface area contributed by atoms with E-state index in [-0.39, 0.29) is 30.5 Å². The number of methoxy groups -OCH3 is 2. The number of ether oxygens (including phenoxy) is 2. The van der Waals surface area contributed by atoms with E-state index >= 15 is 0 Å². The molecule has 0 saturated carbocycles. The molecule has 0 bridgehead atoms. The van der Waals surface area contributed by atoms with Crippen LogP contribution >= 0.6 is 35.3 Å². The molecule has 2 aromatic rings. The number of aliphatic hydroxyl groups excluding tert-OH is 1. The number of benzene rings is 1. The average Bonchev–Trinajstić information content (AvgIpc) is 3.17. The van der Waals surface area contributed by atoms with Gasteiger partial charge in [-0.15, -0.1) is 24.0 Å². The van der Waals surface area contributed by atoms with Crippen LogP contribution in [-0.4, -0.2) is 50.3 Å². The van der Waals surface area contributed by atoms with E-state index in [0.717, 1.165) is 19.0 Å². The predicted molar refractivity (Wildman–Crippen MR) is 122 cm³/mol. The maximum Gasteiger partial charge on any atom is 0.194 e. The molecule has 0 aliphatic heterocycles. The van der Waals surface area contributed by atoms with Crippen molar-refractivity contribution in [3.8, 4) is 11.5 Å². The molecule has 0 saturated heterocycles. The lowest BCUT2D eigenvalue weighted by molar-refractivity contribution is 0.185. The highest BCUT2D eigenvalue weighted by Gasteiger charge is 2.13. The van der Waals surface area contributed by atoms with Crippen LogP contribution in [0.1, 0.15) is 24.2 Å². The topological polar surface area (TPSA) is 66.3 Å². The highest BCUT2D eigenvalue weighted by Crippen LogP contribution is 2.26. The lowest BCUT2D eigenvalue weighted by Gasteiger charge is -2.22. The second kappa shape index (κ2) is 12.0. The van der Waals surface area contributed by atoms with Crippen LogP contribution in [-0.2, 0) is 6.54 Å². The molecule has 0 aliphatic rings. The minimum Gasteiger partial charge on any atom is -0.497 e. The third-order valence-electron chi connectivity index (χ3n) is 3.87. The molecule has 0 amide bonds. The van der Waals surface area contributed by atoms with Gasteiger partial charge in [0.2, 0.25) is 0 Å². The number of halogens is 1. The van der Waals surface area contributed by atoms with Gasteiger partial charge in [0, 0.05) is 26.2 Å². The van der Waals surface area contributed by atoms with E-state index in [0.29, 0.717) is 17.1 Å². The fraction of sp³-hybridized carbons (Fsp3) is 0.421. The Morgan fingerprint density at radius 2 is 1.93 bits per heavy atom. The lowest BCUT2D eigenvalue weighted by Crippen LogP contribution is -2.38. The van der Waals surface area contributed by atoms with Crippen molar-refractivity contribution in [1.29, 1.82) is 0 Å². The van der Waals surface area contributed by atoms with E-state index in [2.05, 4.69) is 27.1 Å². The van der Waals surface area contributed by atoms with E-state index in [1.54, 1.807) is 43.8 Å². The summed E-state index contributed by atoms with van der Waals surface area (Å²) in [5.74, 6) is 2.04. The third kappa shape index (κ3) is 7.19. The van der Waals surface area contributed by atoms with Gasteiger partial charge in [0.05, 0.1) is 26.9 Å². The summed E-state index contributed by atoms with van der Waals surface area (Å²) in [6, 6.07) is 7.47. The Balaban J connectivity index is 0.00000364. The lowest BCUT2D eigenvalue weighted by atomic mass is 10.1. The molecule has 0 spiro atoms. The fourth-order valence-corrected chi connectivity index (χ4v) is 3.16. The summed E-state index contributed by atoms with van der Waals surface area (Å²) in [5, 5.41) is 18.0. The minimum atomic E-state index is -0.748. The molecular weight excluding hydrogens is 477 g/mol. The van der Waals surface area contributed by atoms with Crippen molar-refractivity contribution in [3.05, 3.63) is 46.2 Å². The Bertz CT molecular complexity index is 688. The van der Waals surface area contributed by atoms with Crippen LogP contribution < -0.4 is 14.8 Å². The van der Waals surface area contributed by atoms with Crippen molar-refractivity contribution in [2.24, 2.45) is 4.99 Å². The Kier molecular flexibility index (Phi) is 10.5. The number of hydrogen-bond donors (Lipinski definition) is 2. The van der Waals surface area contributed by atoms with Gasteiger partial charge < -0.3 is 24.8 Å². The first-order chi connectivity index (χ1) is 12.6. The molecule has 0 aliphatic carbocycles. The number of nitrogens with zero attached hydrogens (tertiary/aromatic N) is 2. The molecule has 1 aromatic heterocycles. The average molecular weight is 505 g/mol. The largest absolute Gasteiger partial charge is 0.497 e. The summed E-state index contributed by atoms with van der Waals surface area (Å²) < 4.78 is 10.5. The zero-order valence-electron chi connectivity index (χ0n) is 16.1. The zero-order chi connectivity index (χ0) is 18.9. The SMILES string of the molecule is CCNC(=NCC(O)c1cc(OC)cc(OC)c1)N(C)Cc1ccsc1.I. The van der Waals surface area contributed by atoms with Crippen molar-refractivity contribution in [2.45, 2.75) is 19.6 Å². The van der Waals surface area contributed by atoms with Crippen molar-refractivity contribution in [2.75, 3.05) is 34.4 Å². The highest BCUT2D eigenvalue weighted by atomic mass is 127. The van der Waals surface area contributed by atoms with Gasteiger partial charge in [0.1, 0.15) is 11.5 Å². The van der Waals surface area contributed by atoms with Crippen molar-refractivity contribution in [3.63, 3.8) is 0 Å². The number of aliphatic imine (C=N–C) groups is 1. The maximum absolute atomic E-state index is 10.6. The molecule has 1 atom stereocenters. The van der Waals surface area contributed by atoms with Crippen LogP contribution in [0, 0.1) is 0 Å². The molecule has 27 heavy (non-hydrogen) atoms. The monoisotopic (exact) mass is 505 g/mol. The predicted octanol–water partition coefficient (Wildman–Crippen LogP) is 3.51. The van der Waals surface area contributed by atoms with Crippen LogP contribution in [0.2, 0.25) is 0 Å². The first-order valence-electron chi connectivity index (χ1n) is 8.49. The van der Waals surface area contributed by atoms with Crippen LogP contribution in [0.15, 0.2) is 40.0 Å². The minimum absolute atomic E-state index is 0. The van der Waals surface area contributed by atoms with Crippen LogP contribution in [0.3, 0.4) is 0 Å². The summed E-state index contributed by atoms with van der Waals surface area (Å²) in [5.41, 5.74) is 1.95. The second-order valence-electron chi connectivity index (χ2n) is 5.84. The van der Waals surface area contributed by atoms with Gasteiger partial charge in [-0.05, 0) is 47.0 Å². The standard InChI is InChI=1S/C19H27N3O3S.HI/c1-5-20-19(22(2)12-14-6-7-26-13-14)21-11-18(23)15-8-16(24-3)10-17(9-15)25-4;/h6-10,13,18,23H,5,11-12H2,1-4H3,(H,20,21);1H. The van der Waals surface area contributed by atoms with Crippen LogP contribution in [0.25, 0.3) is 0 Å². The Morgan fingerprint density at radius 3 is 2.44 bits per heavy atom. The summed E-state index contributed by atoms with van der Waals surface area (Å²) in [6.45, 7) is 3.79. The molecule has 1 aromatic carbocycles. The van der Waals surface area contributed by atoms with Gasteiger partial charge in [-0.2, -0.15) is 11.3 Å². The number of guanidine groups is 1. The summed E-state index contributed by atoms with van der Waals surface area (Å²) >= 11 is 1.68. The molecule has 150 valence electrons. The molecule has 1 heterocycles. The zero-order valence-corrected chi connectivity index (χ0v) is 19.3. The molecular formula is C19H28IN3O3S. The molecule has 0 radical (unpaired) electrons. The first-order valence-corrected chi connectivity index (χ1v) is 9.43. The van der Waals surface area contributed by atoms with E-state index in [1.165, 1.54) is 5.56 Å². The normalized spacial score (nSPS) is 12.1. The maximum atomic E-state index is 10.6. The molecule has 2 N–H and O–H groups in total. The molecule has 2 rings (SSSR count). The van der Waals surface area contributed by atoms with Gasteiger partial charge in [0.15, 0.2) is 5.96 Å². The number of hydrogen-bond acceptors (Lipinski definition) is 5. The number of aliphatic hydroxyl groups is 1. The van der Waals surface area contributed by atoms with Gasteiger partial charge in [-0.25, -0.2) is 0 Å². The van der Waals surface area contributed by atoms with E-state index in [9.17, 15) is 5.11 Å². The van der Waals surface area contributed by atoms with Gasteiger partial charge in [-0.1, -0.05) is 0 Å². The second-order valence-corrected chi connectivity index (χ2v) is 6.62. The van der Waals surface area contributed by atoms with Crippen LogP contribution in [0.5, 0.6) is 11.5 Å². The van der Waals surface area contributed by atoms with Crippen molar-refractivity contribution in [1.82, 2.24) is 10.2 Å². The fourth-order valence-electron chi connectivity index (χ4n) is 2.50. The van der Waals surface area contributed by atoms with Gasteiger partial charge in [0.25, 0.3) is 0 Å². The van der Waals surface area contributed by atoms with E-state index in [4.69, 9.17) is 9.47 Å². The summed E-state index contributed by atoms with van der Waals surface area (Å²) in [6.07, 6.45) is -0.748. The van der Waals surface area contributed by atoms with Gasteiger partial charge >= 0.3 is 0 Å². The molecule has 8 heteroatoms. The Morgan fingerprint density at radius 1 is 1.26 bits per heavy atom. The van der Waals surface area contributed by atoms with Crippen molar-refractivity contribution < 1.29 is 14.6 Å². The number of thiophene rings is 1. The number of nitrogens with one attached hydrogen (secondary N) is 1. The molecule has 6 nitrogen and oxygen atoms in total. The summed E-state index contributed by atoms with van der Waals surface area (Å²) in [7, 11) is 5.16. The highest BCUT2D eigenvalue weighted by molar-refractivity contribution is 14.0. The third-order valence-corrected chi connectivity index (χ3v) is 4.60.